The second-order valence-corrected chi connectivity index (χ2v) is 5.47. The number of nitrogens with one attached hydrogen (secondary N) is 1. The number of hydrogen-bond donors (Lipinski definition) is 1. The third-order valence-corrected chi connectivity index (χ3v) is 3.49. The number of aryl methyl sites for hydroxylation is 2. The van der Waals surface area contributed by atoms with E-state index >= 15 is 0 Å². The molecule has 0 unspecified atom stereocenters. The van der Waals surface area contributed by atoms with Crippen molar-refractivity contribution >= 4 is 28.8 Å². The highest BCUT2D eigenvalue weighted by Gasteiger charge is 2.02. The van der Waals surface area contributed by atoms with Gasteiger partial charge in [0.1, 0.15) is 16.8 Å². The molecule has 0 radical (unpaired) electrons. The fraction of sp³-hybridized carbons (Fsp3) is 0.333. The molecule has 2 aromatic heterocycles. The van der Waals surface area contributed by atoms with E-state index in [1.54, 1.807) is 17.4 Å². The maximum absolute atomic E-state index is 5.93. The van der Waals surface area contributed by atoms with Gasteiger partial charge in [-0.25, -0.2) is 9.97 Å². The molecule has 17 heavy (non-hydrogen) atoms. The summed E-state index contributed by atoms with van der Waals surface area (Å²) in [6.45, 7) is 4.89. The first-order chi connectivity index (χ1) is 8.17. The number of thiophene rings is 1. The average Bonchev–Trinajstić information content (AvgIpc) is 2.72. The lowest BCUT2D eigenvalue weighted by Crippen LogP contribution is -2.03. The van der Waals surface area contributed by atoms with Gasteiger partial charge in [-0.15, -0.1) is 11.3 Å². The Morgan fingerprint density at radius 1 is 1.35 bits per heavy atom. The van der Waals surface area contributed by atoms with Gasteiger partial charge in [-0.05, 0) is 19.1 Å². The highest BCUT2D eigenvalue weighted by molar-refractivity contribution is 7.11. The molecule has 0 atom stereocenters. The summed E-state index contributed by atoms with van der Waals surface area (Å²) >= 11 is 7.71. The summed E-state index contributed by atoms with van der Waals surface area (Å²) in [4.78, 5) is 11.1. The van der Waals surface area contributed by atoms with Crippen LogP contribution < -0.4 is 5.32 Å². The van der Waals surface area contributed by atoms with Crippen molar-refractivity contribution in [3.8, 4) is 0 Å². The van der Waals surface area contributed by atoms with Crippen molar-refractivity contribution in [1.82, 2.24) is 9.97 Å². The Bertz CT molecular complexity index is 510. The monoisotopic (exact) mass is 267 g/mol. The molecule has 0 saturated heterocycles. The summed E-state index contributed by atoms with van der Waals surface area (Å²) in [5, 5.41) is 3.75. The highest BCUT2D eigenvalue weighted by Crippen LogP contribution is 2.17. The number of rotatable bonds is 4. The van der Waals surface area contributed by atoms with Gasteiger partial charge in [-0.1, -0.05) is 18.5 Å². The van der Waals surface area contributed by atoms with Gasteiger partial charge >= 0.3 is 0 Å². The predicted octanol–water partition coefficient (Wildman–Crippen LogP) is 3.67. The largest absolute Gasteiger partial charge is 0.365 e. The molecule has 0 spiro atoms. The minimum Gasteiger partial charge on any atom is -0.365 e. The summed E-state index contributed by atoms with van der Waals surface area (Å²) in [5.41, 5.74) is 0. The van der Waals surface area contributed by atoms with Crippen molar-refractivity contribution in [1.29, 1.82) is 0 Å². The molecule has 1 N–H and O–H groups in total. The molecule has 2 aromatic rings. The number of nitrogens with zero attached hydrogens (tertiary/aromatic N) is 2. The first kappa shape index (κ1) is 12.3. The van der Waals surface area contributed by atoms with Crippen LogP contribution in [0.2, 0.25) is 5.15 Å². The lowest BCUT2D eigenvalue weighted by molar-refractivity contribution is 0.934. The quantitative estimate of drug-likeness (QED) is 0.859. The van der Waals surface area contributed by atoms with Gasteiger partial charge in [0.15, 0.2) is 0 Å². The third kappa shape index (κ3) is 3.41. The minimum absolute atomic E-state index is 0.488. The maximum Gasteiger partial charge on any atom is 0.134 e. The van der Waals surface area contributed by atoms with Crippen LogP contribution in [0.1, 0.15) is 22.5 Å². The SMILES string of the molecule is CCc1nc(Cl)cc(NCc2ccc(C)s2)n1. The highest BCUT2D eigenvalue weighted by atomic mass is 35.5. The van der Waals surface area contributed by atoms with E-state index in [-0.39, 0.29) is 0 Å². The van der Waals surface area contributed by atoms with Crippen molar-refractivity contribution in [2.45, 2.75) is 26.8 Å². The second-order valence-electron chi connectivity index (χ2n) is 3.71. The molecule has 0 aliphatic carbocycles. The Hall–Kier alpha value is -1.13. The Morgan fingerprint density at radius 3 is 2.82 bits per heavy atom. The smallest absolute Gasteiger partial charge is 0.134 e. The molecule has 0 aromatic carbocycles. The van der Waals surface area contributed by atoms with E-state index in [1.807, 2.05) is 6.92 Å². The average molecular weight is 268 g/mol. The molecule has 0 saturated carbocycles. The van der Waals surface area contributed by atoms with Crippen LogP contribution in [0.3, 0.4) is 0 Å². The molecule has 2 heterocycles. The lowest BCUT2D eigenvalue weighted by Gasteiger charge is -2.05. The summed E-state index contributed by atoms with van der Waals surface area (Å²) in [6, 6.07) is 5.99. The Kier molecular flexibility index (Phi) is 3.97. The van der Waals surface area contributed by atoms with E-state index < -0.39 is 0 Å². The molecule has 90 valence electrons. The van der Waals surface area contributed by atoms with Gasteiger partial charge in [-0.3, -0.25) is 0 Å². The van der Waals surface area contributed by atoms with E-state index in [2.05, 4.69) is 34.3 Å². The molecular formula is C12H14ClN3S. The van der Waals surface area contributed by atoms with Crippen LogP contribution in [0, 0.1) is 6.92 Å². The van der Waals surface area contributed by atoms with E-state index in [0.717, 1.165) is 24.6 Å². The fourth-order valence-corrected chi connectivity index (χ4v) is 2.50. The van der Waals surface area contributed by atoms with Crippen LogP contribution in [-0.4, -0.2) is 9.97 Å². The molecular weight excluding hydrogens is 254 g/mol. The van der Waals surface area contributed by atoms with E-state index in [0.29, 0.717) is 5.15 Å². The van der Waals surface area contributed by atoms with E-state index in [1.165, 1.54) is 9.75 Å². The van der Waals surface area contributed by atoms with E-state index in [4.69, 9.17) is 11.6 Å². The molecule has 0 bridgehead atoms. The van der Waals surface area contributed by atoms with Crippen molar-refractivity contribution in [2.75, 3.05) is 5.32 Å². The topological polar surface area (TPSA) is 37.8 Å². The molecule has 0 fully saturated rings. The summed E-state index contributed by atoms with van der Waals surface area (Å²) < 4.78 is 0. The molecule has 0 aliphatic heterocycles. The first-order valence-electron chi connectivity index (χ1n) is 5.50. The number of anilines is 1. The standard InChI is InChI=1S/C12H14ClN3S/c1-3-11-15-10(13)6-12(16-11)14-7-9-5-4-8(2)17-9/h4-6H,3,7H2,1-2H3,(H,14,15,16). The number of aromatic nitrogens is 2. The van der Waals surface area contributed by atoms with Crippen LogP contribution in [0.4, 0.5) is 5.82 Å². The van der Waals surface area contributed by atoms with Crippen LogP contribution in [-0.2, 0) is 13.0 Å². The molecule has 0 amide bonds. The van der Waals surface area contributed by atoms with Gasteiger partial charge in [0.25, 0.3) is 0 Å². The third-order valence-electron chi connectivity index (χ3n) is 2.30. The fourth-order valence-electron chi connectivity index (χ4n) is 1.47. The number of halogens is 1. The molecule has 0 aliphatic rings. The van der Waals surface area contributed by atoms with Crippen molar-refractivity contribution < 1.29 is 0 Å². The number of hydrogen-bond acceptors (Lipinski definition) is 4. The lowest BCUT2D eigenvalue weighted by atomic mass is 10.4. The van der Waals surface area contributed by atoms with Crippen LogP contribution >= 0.6 is 22.9 Å². The normalized spacial score (nSPS) is 10.5. The second kappa shape index (κ2) is 5.47. The van der Waals surface area contributed by atoms with Gasteiger partial charge in [0, 0.05) is 22.2 Å². The van der Waals surface area contributed by atoms with Crippen molar-refractivity contribution in [3.05, 3.63) is 38.9 Å². The molecule has 5 heteroatoms. The van der Waals surface area contributed by atoms with Gasteiger partial charge < -0.3 is 5.32 Å². The van der Waals surface area contributed by atoms with Gasteiger partial charge in [0.2, 0.25) is 0 Å². The minimum atomic E-state index is 0.488. The van der Waals surface area contributed by atoms with Crippen LogP contribution in [0.15, 0.2) is 18.2 Å². The summed E-state index contributed by atoms with van der Waals surface area (Å²) in [6.07, 6.45) is 0.785. The van der Waals surface area contributed by atoms with Gasteiger partial charge in [0.05, 0.1) is 6.54 Å². The summed E-state index contributed by atoms with van der Waals surface area (Å²) in [5.74, 6) is 1.55. The Morgan fingerprint density at radius 2 is 2.18 bits per heavy atom. The van der Waals surface area contributed by atoms with Crippen molar-refractivity contribution in [2.24, 2.45) is 0 Å². The van der Waals surface area contributed by atoms with Gasteiger partial charge in [-0.2, -0.15) is 0 Å². The first-order valence-corrected chi connectivity index (χ1v) is 6.69. The molecule has 3 nitrogen and oxygen atoms in total. The Balaban J connectivity index is 2.05. The van der Waals surface area contributed by atoms with E-state index in [9.17, 15) is 0 Å². The zero-order valence-corrected chi connectivity index (χ0v) is 11.4. The van der Waals surface area contributed by atoms with Crippen molar-refractivity contribution in [3.63, 3.8) is 0 Å². The Labute approximate surface area is 110 Å². The zero-order valence-electron chi connectivity index (χ0n) is 9.83. The van der Waals surface area contributed by atoms with Crippen LogP contribution in [0.25, 0.3) is 0 Å². The molecule has 2 rings (SSSR count). The van der Waals surface area contributed by atoms with Crippen LogP contribution in [0.5, 0.6) is 0 Å². The predicted molar refractivity (Wildman–Crippen MR) is 72.8 cm³/mol. The zero-order chi connectivity index (χ0) is 12.3. The maximum atomic E-state index is 5.93. The summed E-state index contributed by atoms with van der Waals surface area (Å²) in [7, 11) is 0.